The molecule has 0 spiro atoms. The molecule has 4 rings (SSSR count). The van der Waals surface area contributed by atoms with Crippen LogP contribution in [0.5, 0.6) is 0 Å². The average molecular weight is 379 g/mol. The number of carbonyl (C=O) groups excluding carboxylic acids is 1. The van der Waals surface area contributed by atoms with Crippen LogP contribution in [0.2, 0.25) is 0 Å². The van der Waals surface area contributed by atoms with Gasteiger partial charge in [0.05, 0.1) is 11.6 Å². The maximum Gasteiger partial charge on any atom is 0.276 e. The number of H-pyrrole nitrogens is 1. The van der Waals surface area contributed by atoms with Crippen molar-refractivity contribution in [3.63, 3.8) is 0 Å². The largest absolute Gasteiger partial charge is 0.321 e. The molecule has 2 N–H and O–H groups in total. The fraction of sp³-hybridized carbons (Fsp3) is 0.167. The first-order valence-electron chi connectivity index (χ1n) is 8.28. The highest BCUT2D eigenvalue weighted by Crippen LogP contribution is 2.27. The quantitative estimate of drug-likeness (QED) is 0.408. The summed E-state index contributed by atoms with van der Waals surface area (Å²) >= 11 is 1.60. The fourth-order valence-electron chi connectivity index (χ4n) is 2.62. The minimum absolute atomic E-state index is 0.223. The van der Waals surface area contributed by atoms with Crippen LogP contribution in [0.4, 0.5) is 5.69 Å². The second-order valence-corrected chi connectivity index (χ2v) is 7.01. The molecule has 0 aliphatic carbocycles. The van der Waals surface area contributed by atoms with E-state index >= 15 is 0 Å². The Balaban J connectivity index is 1.46. The number of amides is 1. The number of carbonyl (C=O) groups is 1. The first-order chi connectivity index (χ1) is 13.1. The lowest BCUT2D eigenvalue weighted by atomic mass is 10.2. The zero-order valence-electron chi connectivity index (χ0n) is 14.8. The van der Waals surface area contributed by atoms with E-state index in [1.807, 2.05) is 38.2 Å². The highest BCUT2D eigenvalue weighted by molar-refractivity contribution is 7.98. The van der Waals surface area contributed by atoms with Gasteiger partial charge >= 0.3 is 0 Å². The van der Waals surface area contributed by atoms with Gasteiger partial charge in [0.2, 0.25) is 0 Å². The first kappa shape index (κ1) is 17.2. The molecule has 0 aliphatic heterocycles. The van der Waals surface area contributed by atoms with Crippen molar-refractivity contribution in [1.29, 1.82) is 0 Å². The number of hydrogen-bond donors (Lipinski definition) is 2. The van der Waals surface area contributed by atoms with Gasteiger partial charge in [-0.2, -0.15) is 10.2 Å². The van der Waals surface area contributed by atoms with Gasteiger partial charge in [0.25, 0.3) is 5.91 Å². The maximum atomic E-state index is 12.4. The van der Waals surface area contributed by atoms with Gasteiger partial charge < -0.3 is 5.32 Å². The number of thioether (sulfide) groups is 1. The minimum atomic E-state index is -0.223. The molecule has 3 aromatic heterocycles. The van der Waals surface area contributed by atoms with Crippen molar-refractivity contribution in [3.8, 4) is 0 Å². The Bertz CT molecular complexity index is 1100. The number of hydrogen-bond acceptors (Lipinski definition) is 6. The van der Waals surface area contributed by atoms with Gasteiger partial charge in [-0.05, 0) is 30.7 Å². The van der Waals surface area contributed by atoms with Gasteiger partial charge in [-0.25, -0.2) is 9.97 Å². The van der Waals surface area contributed by atoms with E-state index in [1.165, 1.54) is 6.33 Å². The van der Waals surface area contributed by atoms with Crippen LogP contribution in [-0.2, 0) is 12.8 Å². The Kier molecular flexibility index (Phi) is 4.59. The number of nitrogens with one attached hydrogen (secondary N) is 2. The second kappa shape index (κ2) is 7.20. The summed E-state index contributed by atoms with van der Waals surface area (Å²) in [7, 11) is 1.81. The van der Waals surface area contributed by atoms with Crippen molar-refractivity contribution in [3.05, 3.63) is 59.8 Å². The molecule has 0 bridgehead atoms. The molecular weight excluding hydrogens is 362 g/mol. The van der Waals surface area contributed by atoms with Crippen LogP contribution in [0, 0.1) is 6.92 Å². The van der Waals surface area contributed by atoms with Crippen LogP contribution in [0.25, 0.3) is 11.0 Å². The molecule has 0 fully saturated rings. The van der Waals surface area contributed by atoms with Crippen LogP contribution in [0.1, 0.15) is 21.7 Å². The van der Waals surface area contributed by atoms with E-state index in [4.69, 9.17) is 0 Å². The second-order valence-electron chi connectivity index (χ2n) is 6.05. The fourth-order valence-corrected chi connectivity index (χ4v) is 3.52. The molecule has 3 heterocycles. The van der Waals surface area contributed by atoms with Gasteiger partial charge in [-0.3, -0.25) is 14.6 Å². The van der Waals surface area contributed by atoms with E-state index in [-0.39, 0.29) is 5.91 Å². The van der Waals surface area contributed by atoms with Crippen molar-refractivity contribution < 1.29 is 4.79 Å². The number of anilines is 1. The van der Waals surface area contributed by atoms with Gasteiger partial charge in [0, 0.05) is 24.2 Å². The predicted molar refractivity (Wildman–Crippen MR) is 104 cm³/mol. The van der Waals surface area contributed by atoms with E-state index in [0.717, 1.165) is 33.0 Å². The summed E-state index contributed by atoms with van der Waals surface area (Å²) in [6, 6.07) is 9.51. The molecule has 1 amide bonds. The molecule has 9 heteroatoms. The predicted octanol–water partition coefficient (Wildman–Crippen LogP) is 2.94. The lowest BCUT2D eigenvalue weighted by Gasteiger charge is -2.06. The number of benzene rings is 1. The summed E-state index contributed by atoms with van der Waals surface area (Å²) in [5.74, 6) is 0.489. The van der Waals surface area contributed by atoms with E-state index in [2.05, 4.69) is 30.6 Å². The number of aromatic nitrogens is 6. The Hall–Kier alpha value is -3.20. The highest BCUT2D eigenvalue weighted by Gasteiger charge is 2.12. The Morgan fingerprint density at radius 1 is 1.30 bits per heavy atom. The molecule has 136 valence electrons. The highest BCUT2D eigenvalue weighted by atomic mass is 32.2. The van der Waals surface area contributed by atoms with Crippen LogP contribution in [0.15, 0.2) is 47.9 Å². The first-order valence-corrected chi connectivity index (χ1v) is 9.26. The molecule has 0 saturated carbocycles. The van der Waals surface area contributed by atoms with Crippen LogP contribution < -0.4 is 5.32 Å². The lowest BCUT2D eigenvalue weighted by Crippen LogP contribution is -2.13. The molecule has 1 aromatic carbocycles. The van der Waals surface area contributed by atoms with Crippen LogP contribution >= 0.6 is 11.8 Å². The SMILES string of the molecule is Cc1cc(C(=O)Nc2cccc(CSc3ncnc4[nH]ncc34)c2)nn1C. The van der Waals surface area contributed by atoms with E-state index in [9.17, 15) is 4.79 Å². The Labute approximate surface area is 159 Å². The molecule has 0 aliphatic rings. The van der Waals surface area contributed by atoms with Crippen molar-refractivity contribution in [2.45, 2.75) is 17.7 Å². The average Bonchev–Trinajstić information content (AvgIpc) is 3.27. The molecule has 0 radical (unpaired) electrons. The Morgan fingerprint density at radius 3 is 3.00 bits per heavy atom. The summed E-state index contributed by atoms with van der Waals surface area (Å²) in [6.45, 7) is 1.91. The summed E-state index contributed by atoms with van der Waals surface area (Å²) in [5, 5.41) is 15.7. The van der Waals surface area contributed by atoms with Gasteiger partial charge in [-0.15, -0.1) is 11.8 Å². The van der Waals surface area contributed by atoms with Crippen molar-refractivity contribution >= 4 is 34.4 Å². The number of aryl methyl sites for hydroxylation is 2. The van der Waals surface area contributed by atoms with Crippen molar-refractivity contribution in [1.82, 2.24) is 29.9 Å². The maximum absolute atomic E-state index is 12.4. The molecular formula is C18H17N7OS. The Morgan fingerprint density at radius 2 is 2.19 bits per heavy atom. The normalized spacial score (nSPS) is 11.0. The molecule has 27 heavy (non-hydrogen) atoms. The van der Waals surface area contributed by atoms with Crippen LogP contribution in [0.3, 0.4) is 0 Å². The van der Waals surface area contributed by atoms with Gasteiger partial charge in [0.1, 0.15) is 11.4 Å². The molecule has 0 unspecified atom stereocenters. The topological polar surface area (TPSA) is 101 Å². The standard InChI is InChI=1S/C18H17N7OS/c1-11-6-15(24-25(11)2)17(26)22-13-5-3-4-12(7-13)9-27-18-14-8-21-23-16(14)19-10-20-18/h3-8,10H,9H2,1-2H3,(H,22,26)(H,19,20,21,23). The summed E-state index contributed by atoms with van der Waals surface area (Å²) in [5.41, 5.74) is 3.86. The number of rotatable bonds is 5. The molecule has 0 atom stereocenters. The summed E-state index contributed by atoms with van der Waals surface area (Å²) < 4.78 is 1.68. The van der Waals surface area contributed by atoms with Crippen LogP contribution in [-0.4, -0.2) is 35.9 Å². The summed E-state index contributed by atoms with van der Waals surface area (Å²) in [4.78, 5) is 20.8. The third-order valence-electron chi connectivity index (χ3n) is 4.12. The lowest BCUT2D eigenvalue weighted by molar-refractivity contribution is 0.102. The number of aromatic amines is 1. The number of fused-ring (bicyclic) bond motifs is 1. The van der Waals surface area contributed by atoms with Gasteiger partial charge in [-0.1, -0.05) is 12.1 Å². The van der Waals surface area contributed by atoms with Crippen molar-refractivity contribution in [2.24, 2.45) is 7.05 Å². The number of nitrogens with zero attached hydrogens (tertiary/aromatic N) is 5. The third-order valence-corrected chi connectivity index (χ3v) is 5.19. The molecule has 4 aromatic rings. The minimum Gasteiger partial charge on any atom is -0.321 e. The van der Waals surface area contributed by atoms with E-state index in [1.54, 1.807) is 28.7 Å². The molecule has 0 saturated heterocycles. The monoisotopic (exact) mass is 379 g/mol. The van der Waals surface area contributed by atoms with Crippen molar-refractivity contribution in [2.75, 3.05) is 5.32 Å². The van der Waals surface area contributed by atoms with E-state index in [0.29, 0.717) is 11.4 Å². The third kappa shape index (κ3) is 3.68. The zero-order chi connectivity index (χ0) is 18.8. The molecule has 8 nitrogen and oxygen atoms in total. The summed E-state index contributed by atoms with van der Waals surface area (Å²) in [6.07, 6.45) is 3.25. The smallest absolute Gasteiger partial charge is 0.276 e. The van der Waals surface area contributed by atoms with E-state index < -0.39 is 0 Å². The zero-order valence-corrected chi connectivity index (χ0v) is 15.6. The van der Waals surface area contributed by atoms with Gasteiger partial charge in [0.15, 0.2) is 11.3 Å².